The maximum absolute atomic E-state index is 15.6. The van der Waals surface area contributed by atoms with E-state index in [1.165, 1.54) is 4.90 Å². The van der Waals surface area contributed by atoms with E-state index in [1.54, 1.807) is 17.7 Å². The number of benzene rings is 1. The van der Waals surface area contributed by atoms with Gasteiger partial charge in [0.05, 0.1) is 23.9 Å². The van der Waals surface area contributed by atoms with Gasteiger partial charge in [0.2, 0.25) is 6.41 Å². The van der Waals surface area contributed by atoms with Crippen LogP contribution in [0.15, 0.2) is 42.1 Å². The third-order valence-electron chi connectivity index (χ3n) is 7.75. The fraction of sp³-hybridized carbons (Fsp3) is 0.480. The Morgan fingerprint density at radius 3 is 2.97 bits per heavy atom. The lowest BCUT2D eigenvalue weighted by Gasteiger charge is -2.43. The molecule has 1 aromatic heterocycles. The summed E-state index contributed by atoms with van der Waals surface area (Å²) in [7, 11) is 0. The van der Waals surface area contributed by atoms with Crippen LogP contribution in [0.1, 0.15) is 37.0 Å². The highest BCUT2D eigenvalue weighted by Gasteiger charge is 2.42. The van der Waals surface area contributed by atoms with Crippen molar-refractivity contribution in [2.24, 2.45) is 5.41 Å². The molecule has 190 valence electrons. The molecule has 36 heavy (non-hydrogen) atoms. The van der Waals surface area contributed by atoms with E-state index in [9.17, 15) is 14.7 Å². The standard InChI is InChI=1S/C25H29FN6O4/c1-3-25(7-9-31(15-33)20-14-36-24(35)16(20)2)6-8-30(13-22(25)26)12-21(34)17-4-5-19-18(10-17)11-32-23(19)27-28-29-32/h3-5,10,15,21-22,34H,1,6-9,11-14H2,2H3/t21-,22+,25+/m1/s1. The lowest BCUT2D eigenvalue weighted by molar-refractivity contribution is -0.136. The summed E-state index contributed by atoms with van der Waals surface area (Å²) in [6.45, 7) is 7.44. The van der Waals surface area contributed by atoms with Crippen LogP contribution in [-0.2, 0) is 20.9 Å². The molecule has 1 aromatic carbocycles. The molecule has 3 atom stereocenters. The van der Waals surface area contributed by atoms with Gasteiger partial charge in [0, 0.05) is 30.6 Å². The molecule has 0 radical (unpaired) electrons. The van der Waals surface area contributed by atoms with Crippen molar-refractivity contribution < 1.29 is 23.8 Å². The zero-order chi connectivity index (χ0) is 25.4. The highest BCUT2D eigenvalue weighted by atomic mass is 19.1. The minimum Gasteiger partial charge on any atom is -0.456 e. The molecule has 0 unspecified atom stereocenters. The number of tetrazole rings is 1. The van der Waals surface area contributed by atoms with E-state index >= 15 is 4.39 Å². The first-order valence-electron chi connectivity index (χ1n) is 12.0. The number of hydrogen-bond acceptors (Lipinski definition) is 8. The van der Waals surface area contributed by atoms with E-state index in [0.717, 1.165) is 22.5 Å². The van der Waals surface area contributed by atoms with Gasteiger partial charge in [-0.3, -0.25) is 9.69 Å². The van der Waals surface area contributed by atoms with Gasteiger partial charge in [0.1, 0.15) is 12.8 Å². The Morgan fingerprint density at radius 1 is 1.44 bits per heavy atom. The van der Waals surface area contributed by atoms with Gasteiger partial charge >= 0.3 is 5.97 Å². The number of fused-ring (bicyclic) bond motifs is 3. The molecule has 11 heteroatoms. The van der Waals surface area contributed by atoms with Gasteiger partial charge in [-0.25, -0.2) is 13.9 Å². The Labute approximate surface area is 208 Å². The SMILES string of the molecule is C=C[C@@]1(CCN(C=O)C2=C(C)C(=O)OC2)CCN(C[C@@H](O)c2ccc3c(c2)Cn2nnnc2-3)C[C@@H]1F. The van der Waals surface area contributed by atoms with Crippen molar-refractivity contribution in [3.8, 4) is 11.4 Å². The molecule has 0 bridgehead atoms. The number of β-amino-alcohol motifs (C(OH)–C–C–N with tert-alkyl or cyclic N) is 1. The average Bonchev–Trinajstić information content (AvgIpc) is 3.56. The molecule has 1 amide bonds. The Bertz CT molecular complexity index is 1230. The van der Waals surface area contributed by atoms with Crippen LogP contribution >= 0.6 is 0 Å². The number of aliphatic hydroxyl groups is 1. The van der Waals surface area contributed by atoms with E-state index < -0.39 is 23.7 Å². The third-order valence-corrected chi connectivity index (χ3v) is 7.75. The van der Waals surface area contributed by atoms with Crippen LogP contribution in [0.25, 0.3) is 11.4 Å². The predicted molar refractivity (Wildman–Crippen MR) is 127 cm³/mol. The van der Waals surface area contributed by atoms with Crippen LogP contribution < -0.4 is 0 Å². The molecule has 1 fully saturated rings. The van der Waals surface area contributed by atoms with Crippen molar-refractivity contribution in [3.05, 3.63) is 53.3 Å². The summed E-state index contributed by atoms with van der Waals surface area (Å²) in [4.78, 5) is 26.7. The monoisotopic (exact) mass is 496 g/mol. The first-order chi connectivity index (χ1) is 17.3. The average molecular weight is 497 g/mol. The Hall–Kier alpha value is -3.44. The topological polar surface area (TPSA) is 114 Å². The molecule has 0 spiro atoms. The number of rotatable bonds is 9. The van der Waals surface area contributed by atoms with Crippen molar-refractivity contribution in [1.82, 2.24) is 30.0 Å². The summed E-state index contributed by atoms with van der Waals surface area (Å²) in [6, 6.07) is 5.73. The quantitative estimate of drug-likeness (QED) is 0.270. The molecule has 0 saturated carbocycles. The number of piperidine rings is 1. The van der Waals surface area contributed by atoms with Crippen molar-refractivity contribution >= 4 is 12.4 Å². The molecular formula is C25H29FN6O4. The normalized spacial score (nSPS) is 24.3. The van der Waals surface area contributed by atoms with E-state index in [4.69, 9.17) is 4.74 Å². The minimum absolute atomic E-state index is 0.0498. The molecule has 1 saturated heterocycles. The lowest BCUT2D eigenvalue weighted by atomic mass is 9.74. The number of alkyl halides is 1. The first-order valence-corrected chi connectivity index (χ1v) is 12.0. The number of cyclic esters (lactones) is 1. The van der Waals surface area contributed by atoms with Crippen molar-refractivity contribution in [2.75, 3.05) is 32.8 Å². The fourth-order valence-electron chi connectivity index (χ4n) is 5.33. The van der Waals surface area contributed by atoms with Gasteiger partial charge in [-0.15, -0.1) is 11.7 Å². The number of aliphatic hydroxyl groups excluding tert-OH is 1. The Kier molecular flexibility index (Phi) is 6.44. The third kappa shape index (κ3) is 4.22. The molecule has 1 N–H and O–H groups in total. The second kappa shape index (κ2) is 9.55. The molecule has 10 nitrogen and oxygen atoms in total. The van der Waals surface area contributed by atoms with Crippen molar-refractivity contribution in [1.29, 1.82) is 0 Å². The number of esters is 1. The van der Waals surface area contributed by atoms with E-state index in [1.807, 2.05) is 23.1 Å². The number of allylic oxidation sites excluding steroid dienone is 1. The van der Waals surface area contributed by atoms with Gasteiger partial charge in [-0.2, -0.15) is 0 Å². The number of hydrogen-bond donors (Lipinski definition) is 1. The summed E-state index contributed by atoms with van der Waals surface area (Å²) in [5.74, 6) is 0.281. The van der Waals surface area contributed by atoms with Crippen LogP contribution in [0.3, 0.4) is 0 Å². The number of likely N-dealkylation sites (tertiary alicyclic amines) is 1. The van der Waals surface area contributed by atoms with Gasteiger partial charge in [-0.1, -0.05) is 24.3 Å². The summed E-state index contributed by atoms with van der Waals surface area (Å²) < 4.78 is 22.3. The van der Waals surface area contributed by atoms with Gasteiger partial charge in [0.15, 0.2) is 5.82 Å². The van der Waals surface area contributed by atoms with Crippen molar-refractivity contribution in [2.45, 2.75) is 38.6 Å². The largest absolute Gasteiger partial charge is 0.456 e. The van der Waals surface area contributed by atoms with E-state index in [2.05, 4.69) is 22.1 Å². The van der Waals surface area contributed by atoms with Crippen LogP contribution in [0.2, 0.25) is 0 Å². The molecule has 2 aromatic rings. The van der Waals surface area contributed by atoms with Crippen LogP contribution in [0.5, 0.6) is 0 Å². The summed E-state index contributed by atoms with van der Waals surface area (Å²) in [5, 5.41) is 22.6. The van der Waals surface area contributed by atoms with E-state index in [-0.39, 0.29) is 19.7 Å². The number of ether oxygens (including phenoxy) is 1. The molecule has 3 aliphatic heterocycles. The summed E-state index contributed by atoms with van der Waals surface area (Å²) >= 11 is 0. The van der Waals surface area contributed by atoms with Crippen LogP contribution in [0, 0.1) is 5.41 Å². The van der Waals surface area contributed by atoms with Crippen LogP contribution in [0.4, 0.5) is 4.39 Å². The smallest absolute Gasteiger partial charge is 0.336 e. The highest BCUT2D eigenvalue weighted by molar-refractivity contribution is 5.91. The molecule has 4 heterocycles. The number of halogens is 1. The van der Waals surface area contributed by atoms with Crippen molar-refractivity contribution in [3.63, 3.8) is 0 Å². The van der Waals surface area contributed by atoms with Gasteiger partial charge in [-0.05, 0) is 47.9 Å². The fourth-order valence-corrected chi connectivity index (χ4v) is 5.33. The van der Waals surface area contributed by atoms with Crippen LogP contribution in [-0.4, -0.2) is 86.5 Å². The Balaban J connectivity index is 1.20. The zero-order valence-corrected chi connectivity index (χ0v) is 20.1. The summed E-state index contributed by atoms with van der Waals surface area (Å²) in [5.41, 5.74) is 2.88. The second-order valence-electron chi connectivity index (χ2n) is 9.70. The zero-order valence-electron chi connectivity index (χ0n) is 20.1. The number of nitrogens with zero attached hydrogens (tertiary/aromatic N) is 6. The molecule has 3 aliphatic rings. The van der Waals surface area contributed by atoms with Gasteiger partial charge in [0.25, 0.3) is 0 Å². The Morgan fingerprint density at radius 2 is 2.28 bits per heavy atom. The number of amides is 1. The lowest BCUT2D eigenvalue weighted by Crippen LogP contribution is -2.50. The predicted octanol–water partition coefficient (Wildman–Crippen LogP) is 1.63. The highest BCUT2D eigenvalue weighted by Crippen LogP contribution is 2.40. The minimum atomic E-state index is -1.21. The van der Waals surface area contributed by atoms with E-state index in [0.29, 0.717) is 50.2 Å². The number of carbonyl (C=O) groups is 2. The maximum Gasteiger partial charge on any atom is 0.336 e. The number of aromatic nitrogens is 4. The molecular weight excluding hydrogens is 467 g/mol. The summed E-state index contributed by atoms with van der Waals surface area (Å²) in [6.07, 6.45) is 1.22. The molecule has 0 aliphatic carbocycles. The molecule has 5 rings (SSSR count). The van der Waals surface area contributed by atoms with Gasteiger partial charge < -0.3 is 14.7 Å². The number of carbonyl (C=O) groups excluding carboxylic acids is 2. The second-order valence-corrected chi connectivity index (χ2v) is 9.70. The first kappa shape index (κ1) is 24.3. The maximum atomic E-state index is 15.6.